The molecule has 0 saturated heterocycles. The highest BCUT2D eigenvalue weighted by Crippen LogP contribution is 2.27. The van der Waals surface area contributed by atoms with E-state index in [9.17, 15) is 0 Å². The second-order valence-corrected chi connectivity index (χ2v) is 4.19. The molecule has 0 heterocycles. The van der Waals surface area contributed by atoms with Gasteiger partial charge in [-0.2, -0.15) is 0 Å². The molecule has 0 saturated carbocycles. The summed E-state index contributed by atoms with van der Waals surface area (Å²) in [6.45, 7) is 0. The first-order valence-corrected chi connectivity index (χ1v) is 5.48. The van der Waals surface area contributed by atoms with Crippen molar-refractivity contribution in [2.24, 2.45) is 0 Å². The standard InChI is InChI=1S/C12H10Cl2N2/c13-11-5-4-10(7-12(11)14)16-9-3-1-2-8(15)6-9/h1-7,16H,15H2. The highest BCUT2D eigenvalue weighted by Gasteiger charge is 2.00. The maximum atomic E-state index is 5.91. The molecular weight excluding hydrogens is 243 g/mol. The second kappa shape index (κ2) is 4.64. The zero-order valence-corrected chi connectivity index (χ0v) is 9.89. The van der Waals surface area contributed by atoms with Gasteiger partial charge in [0.2, 0.25) is 0 Å². The molecule has 2 nitrogen and oxygen atoms in total. The molecule has 0 aliphatic carbocycles. The highest BCUT2D eigenvalue weighted by atomic mass is 35.5. The van der Waals surface area contributed by atoms with Crippen LogP contribution in [0.4, 0.5) is 17.1 Å². The van der Waals surface area contributed by atoms with Gasteiger partial charge in [0.15, 0.2) is 0 Å². The summed E-state index contributed by atoms with van der Waals surface area (Å²) in [6, 6.07) is 12.9. The minimum Gasteiger partial charge on any atom is -0.399 e. The van der Waals surface area contributed by atoms with Crippen molar-refractivity contribution in [3.8, 4) is 0 Å². The Kier molecular flexibility index (Phi) is 3.22. The summed E-state index contributed by atoms with van der Waals surface area (Å²) in [6.07, 6.45) is 0. The van der Waals surface area contributed by atoms with Crippen LogP contribution < -0.4 is 11.1 Å². The van der Waals surface area contributed by atoms with E-state index in [0.717, 1.165) is 11.4 Å². The molecule has 0 unspecified atom stereocenters. The third-order valence-corrected chi connectivity index (χ3v) is 2.83. The Morgan fingerprint density at radius 1 is 0.875 bits per heavy atom. The zero-order valence-electron chi connectivity index (χ0n) is 8.37. The van der Waals surface area contributed by atoms with Gasteiger partial charge in [-0.05, 0) is 36.4 Å². The Hall–Kier alpha value is -1.38. The molecule has 0 aliphatic heterocycles. The number of rotatable bonds is 2. The number of nitrogens with one attached hydrogen (secondary N) is 1. The Labute approximate surface area is 104 Å². The Balaban J connectivity index is 2.24. The van der Waals surface area contributed by atoms with Crippen molar-refractivity contribution in [2.45, 2.75) is 0 Å². The summed E-state index contributed by atoms with van der Waals surface area (Å²) in [4.78, 5) is 0. The number of halogens is 2. The lowest BCUT2D eigenvalue weighted by molar-refractivity contribution is 1.55. The lowest BCUT2D eigenvalue weighted by Gasteiger charge is -2.07. The molecular formula is C12H10Cl2N2. The molecule has 0 spiro atoms. The van der Waals surface area contributed by atoms with E-state index in [1.54, 1.807) is 12.1 Å². The fourth-order valence-corrected chi connectivity index (χ4v) is 1.66. The van der Waals surface area contributed by atoms with Crippen LogP contribution in [0.1, 0.15) is 0 Å². The summed E-state index contributed by atoms with van der Waals surface area (Å²) in [7, 11) is 0. The van der Waals surface area contributed by atoms with Crippen molar-refractivity contribution < 1.29 is 0 Å². The minimum absolute atomic E-state index is 0.524. The van der Waals surface area contributed by atoms with Crippen LogP contribution >= 0.6 is 23.2 Å². The third kappa shape index (κ3) is 2.60. The number of nitrogen functional groups attached to an aromatic ring is 1. The van der Waals surface area contributed by atoms with Crippen LogP contribution in [0.15, 0.2) is 42.5 Å². The zero-order chi connectivity index (χ0) is 11.5. The van der Waals surface area contributed by atoms with Crippen LogP contribution in [0.3, 0.4) is 0 Å². The number of hydrogen-bond donors (Lipinski definition) is 2. The lowest BCUT2D eigenvalue weighted by atomic mass is 10.2. The van der Waals surface area contributed by atoms with E-state index in [0.29, 0.717) is 15.7 Å². The first-order chi connectivity index (χ1) is 7.65. The number of hydrogen-bond acceptors (Lipinski definition) is 2. The fraction of sp³-hybridized carbons (Fsp3) is 0. The molecule has 2 rings (SSSR count). The quantitative estimate of drug-likeness (QED) is 0.782. The van der Waals surface area contributed by atoms with E-state index in [4.69, 9.17) is 28.9 Å². The summed E-state index contributed by atoms with van der Waals surface area (Å²) >= 11 is 11.7. The molecule has 82 valence electrons. The van der Waals surface area contributed by atoms with E-state index in [1.807, 2.05) is 30.3 Å². The van der Waals surface area contributed by atoms with Gasteiger partial charge in [0, 0.05) is 17.1 Å². The summed E-state index contributed by atoms with van der Waals surface area (Å²) in [5, 5.41) is 4.25. The predicted molar refractivity (Wildman–Crippen MR) is 70.6 cm³/mol. The maximum Gasteiger partial charge on any atom is 0.0612 e. The van der Waals surface area contributed by atoms with E-state index < -0.39 is 0 Å². The van der Waals surface area contributed by atoms with Gasteiger partial charge in [0.05, 0.1) is 10.0 Å². The maximum absolute atomic E-state index is 5.91. The molecule has 0 fully saturated rings. The van der Waals surface area contributed by atoms with Gasteiger partial charge in [-0.3, -0.25) is 0 Å². The average Bonchev–Trinajstić information content (AvgIpc) is 2.24. The molecule has 0 amide bonds. The van der Waals surface area contributed by atoms with Gasteiger partial charge < -0.3 is 11.1 Å². The highest BCUT2D eigenvalue weighted by molar-refractivity contribution is 6.42. The predicted octanol–water partition coefficient (Wildman–Crippen LogP) is 4.32. The summed E-state index contributed by atoms with van der Waals surface area (Å²) in [5.41, 5.74) is 8.18. The molecule has 2 aromatic rings. The van der Waals surface area contributed by atoms with Crippen molar-refractivity contribution in [1.29, 1.82) is 0 Å². The number of nitrogens with two attached hydrogens (primary N) is 1. The molecule has 4 heteroatoms. The van der Waals surface area contributed by atoms with Crippen LogP contribution in [0.5, 0.6) is 0 Å². The van der Waals surface area contributed by atoms with Crippen molar-refractivity contribution in [2.75, 3.05) is 11.1 Å². The smallest absolute Gasteiger partial charge is 0.0612 e. The van der Waals surface area contributed by atoms with Gasteiger partial charge >= 0.3 is 0 Å². The van der Waals surface area contributed by atoms with Gasteiger partial charge in [-0.15, -0.1) is 0 Å². The topological polar surface area (TPSA) is 38.0 Å². The monoisotopic (exact) mass is 252 g/mol. The molecule has 16 heavy (non-hydrogen) atoms. The number of anilines is 3. The molecule has 0 radical (unpaired) electrons. The van der Waals surface area contributed by atoms with Gasteiger partial charge in [-0.25, -0.2) is 0 Å². The third-order valence-electron chi connectivity index (χ3n) is 2.09. The van der Waals surface area contributed by atoms with Crippen molar-refractivity contribution >= 4 is 40.3 Å². The van der Waals surface area contributed by atoms with Gasteiger partial charge in [-0.1, -0.05) is 29.3 Å². The molecule has 2 aromatic carbocycles. The lowest BCUT2D eigenvalue weighted by Crippen LogP contribution is -1.92. The van der Waals surface area contributed by atoms with E-state index >= 15 is 0 Å². The van der Waals surface area contributed by atoms with Crippen molar-refractivity contribution in [3.63, 3.8) is 0 Å². The van der Waals surface area contributed by atoms with Gasteiger partial charge in [0.25, 0.3) is 0 Å². The molecule has 3 N–H and O–H groups in total. The average molecular weight is 253 g/mol. The molecule has 0 bridgehead atoms. The van der Waals surface area contributed by atoms with Crippen molar-refractivity contribution in [1.82, 2.24) is 0 Å². The molecule has 0 aromatic heterocycles. The largest absolute Gasteiger partial charge is 0.399 e. The fourth-order valence-electron chi connectivity index (χ4n) is 1.36. The number of benzene rings is 2. The van der Waals surface area contributed by atoms with Crippen LogP contribution in [0, 0.1) is 0 Å². The first-order valence-electron chi connectivity index (χ1n) is 4.73. The molecule has 0 aliphatic rings. The Morgan fingerprint density at radius 3 is 2.31 bits per heavy atom. The Morgan fingerprint density at radius 2 is 1.62 bits per heavy atom. The first kappa shape index (κ1) is 11.1. The van der Waals surface area contributed by atoms with Crippen LogP contribution in [0.25, 0.3) is 0 Å². The van der Waals surface area contributed by atoms with Crippen LogP contribution in [0.2, 0.25) is 10.0 Å². The minimum atomic E-state index is 0.524. The van der Waals surface area contributed by atoms with E-state index in [-0.39, 0.29) is 0 Å². The van der Waals surface area contributed by atoms with E-state index in [1.165, 1.54) is 0 Å². The molecule has 0 atom stereocenters. The normalized spacial score (nSPS) is 10.1. The van der Waals surface area contributed by atoms with Crippen LogP contribution in [-0.2, 0) is 0 Å². The SMILES string of the molecule is Nc1cccc(Nc2ccc(Cl)c(Cl)c2)c1. The van der Waals surface area contributed by atoms with Crippen LogP contribution in [-0.4, -0.2) is 0 Å². The Bertz CT molecular complexity index is 512. The van der Waals surface area contributed by atoms with E-state index in [2.05, 4.69) is 5.32 Å². The van der Waals surface area contributed by atoms with Crippen molar-refractivity contribution in [3.05, 3.63) is 52.5 Å². The second-order valence-electron chi connectivity index (χ2n) is 3.38. The summed E-state index contributed by atoms with van der Waals surface area (Å²) < 4.78 is 0. The van der Waals surface area contributed by atoms with Gasteiger partial charge in [0.1, 0.15) is 0 Å². The summed E-state index contributed by atoms with van der Waals surface area (Å²) in [5.74, 6) is 0.